The van der Waals surface area contributed by atoms with Crippen LogP contribution in [0.15, 0.2) is 79.4 Å². The summed E-state index contributed by atoms with van der Waals surface area (Å²) in [5, 5.41) is 0. The van der Waals surface area contributed by atoms with Crippen LogP contribution in [0, 0.1) is 0 Å². The molecule has 1 nitrogen and oxygen atoms in total. The van der Waals surface area contributed by atoms with E-state index in [1.54, 1.807) is 0 Å². The topological polar surface area (TPSA) is 9.23 Å². The number of allylic oxidation sites excluding steroid dienone is 4. The predicted octanol–water partition coefficient (Wildman–Crippen LogP) is 4.73. The maximum Gasteiger partial charge on any atom is 0.127 e. The summed E-state index contributed by atoms with van der Waals surface area (Å²) in [4.78, 5) is 0. The molecule has 0 saturated carbocycles. The first kappa shape index (κ1) is 12.5. The molecule has 0 aromatic heterocycles. The van der Waals surface area contributed by atoms with Gasteiger partial charge in [-0.25, -0.2) is 0 Å². The molecule has 0 N–H and O–H groups in total. The second-order valence-electron chi connectivity index (χ2n) is 4.69. The SMILES string of the molecule is C=C1/C=C\C(c2ccccc2)=C/COc2ccccc21. The van der Waals surface area contributed by atoms with Gasteiger partial charge in [-0.3, -0.25) is 0 Å². The number of ether oxygens (including phenoxy) is 1. The number of fused-ring (bicyclic) bond motifs is 1. The van der Waals surface area contributed by atoms with Crippen LogP contribution in [0.25, 0.3) is 11.1 Å². The van der Waals surface area contributed by atoms with Crippen LogP contribution in [0.3, 0.4) is 0 Å². The lowest BCUT2D eigenvalue weighted by molar-refractivity contribution is 0.362. The number of hydrogen-bond acceptors (Lipinski definition) is 1. The van der Waals surface area contributed by atoms with Crippen molar-refractivity contribution in [3.05, 3.63) is 90.5 Å². The van der Waals surface area contributed by atoms with Crippen molar-refractivity contribution in [2.24, 2.45) is 0 Å². The van der Waals surface area contributed by atoms with Gasteiger partial charge in [0.1, 0.15) is 12.4 Å². The second-order valence-corrected chi connectivity index (χ2v) is 4.69. The minimum Gasteiger partial charge on any atom is -0.489 e. The molecule has 0 radical (unpaired) electrons. The Labute approximate surface area is 119 Å². The summed E-state index contributed by atoms with van der Waals surface area (Å²) in [7, 11) is 0. The van der Waals surface area contributed by atoms with E-state index in [9.17, 15) is 0 Å². The van der Waals surface area contributed by atoms with E-state index in [0.717, 1.165) is 22.5 Å². The van der Waals surface area contributed by atoms with Gasteiger partial charge in [-0.2, -0.15) is 0 Å². The van der Waals surface area contributed by atoms with E-state index in [1.165, 1.54) is 5.56 Å². The van der Waals surface area contributed by atoms with Crippen molar-refractivity contribution in [1.82, 2.24) is 0 Å². The lowest BCUT2D eigenvalue weighted by atomic mass is 10.0. The summed E-state index contributed by atoms with van der Waals surface area (Å²) >= 11 is 0. The number of benzene rings is 2. The number of para-hydroxylation sites is 1. The van der Waals surface area contributed by atoms with Gasteiger partial charge in [-0.15, -0.1) is 0 Å². The highest BCUT2D eigenvalue weighted by Gasteiger charge is 2.07. The average Bonchev–Trinajstić information content (AvgIpc) is 2.58. The summed E-state index contributed by atoms with van der Waals surface area (Å²) in [5.41, 5.74) is 4.35. The fourth-order valence-electron chi connectivity index (χ4n) is 2.27. The first-order chi connectivity index (χ1) is 9.84. The van der Waals surface area contributed by atoms with E-state index in [2.05, 4.69) is 30.9 Å². The molecule has 2 aromatic rings. The van der Waals surface area contributed by atoms with E-state index in [0.29, 0.717) is 6.61 Å². The monoisotopic (exact) mass is 260 g/mol. The lowest BCUT2D eigenvalue weighted by Crippen LogP contribution is -1.96. The minimum atomic E-state index is 0.554. The lowest BCUT2D eigenvalue weighted by Gasteiger charge is -2.08. The van der Waals surface area contributed by atoms with Gasteiger partial charge in [-0.1, -0.05) is 67.3 Å². The molecule has 1 heteroatoms. The Morgan fingerprint density at radius 2 is 1.60 bits per heavy atom. The second kappa shape index (κ2) is 5.62. The normalized spacial score (nSPS) is 18.6. The van der Waals surface area contributed by atoms with Gasteiger partial charge in [0.15, 0.2) is 0 Å². The third-order valence-electron chi connectivity index (χ3n) is 3.35. The zero-order chi connectivity index (χ0) is 13.8. The molecular formula is C19H16O. The van der Waals surface area contributed by atoms with Crippen molar-refractivity contribution in [2.45, 2.75) is 0 Å². The van der Waals surface area contributed by atoms with Crippen LogP contribution in [-0.4, -0.2) is 6.61 Å². The Bertz CT molecular complexity index is 678. The van der Waals surface area contributed by atoms with Gasteiger partial charge in [0.25, 0.3) is 0 Å². The molecule has 0 atom stereocenters. The molecule has 0 spiro atoms. The predicted molar refractivity (Wildman–Crippen MR) is 84.5 cm³/mol. The molecule has 1 aliphatic rings. The van der Waals surface area contributed by atoms with E-state index in [4.69, 9.17) is 4.74 Å². The Kier molecular flexibility index (Phi) is 3.51. The molecule has 0 amide bonds. The first-order valence-corrected chi connectivity index (χ1v) is 6.69. The zero-order valence-electron chi connectivity index (χ0n) is 11.3. The third-order valence-corrected chi connectivity index (χ3v) is 3.35. The van der Waals surface area contributed by atoms with Crippen LogP contribution in [0.4, 0.5) is 0 Å². The van der Waals surface area contributed by atoms with Crippen molar-refractivity contribution >= 4 is 11.1 Å². The summed E-state index contributed by atoms with van der Waals surface area (Å²) in [5.74, 6) is 0.882. The quantitative estimate of drug-likeness (QED) is 0.720. The Morgan fingerprint density at radius 3 is 2.45 bits per heavy atom. The van der Waals surface area contributed by atoms with Crippen LogP contribution in [0.2, 0.25) is 0 Å². The van der Waals surface area contributed by atoms with Crippen LogP contribution < -0.4 is 4.74 Å². The smallest absolute Gasteiger partial charge is 0.127 e. The molecule has 1 aliphatic heterocycles. The minimum absolute atomic E-state index is 0.554. The molecule has 0 unspecified atom stereocenters. The molecule has 3 rings (SSSR count). The molecular weight excluding hydrogens is 244 g/mol. The molecule has 0 saturated heterocycles. The standard InChI is InChI=1S/C19H16O/c1-15-11-12-17(16-7-3-2-4-8-16)13-14-20-19-10-6-5-9-18(15)19/h2-13H,1,14H2/b12-11-,17-13+. The van der Waals surface area contributed by atoms with E-state index >= 15 is 0 Å². The fraction of sp³-hybridized carbons (Fsp3) is 0.0526. The van der Waals surface area contributed by atoms with Gasteiger partial charge in [0.2, 0.25) is 0 Å². The highest BCUT2D eigenvalue weighted by Crippen LogP contribution is 2.28. The van der Waals surface area contributed by atoms with Crippen molar-refractivity contribution in [2.75, 3.05) is 6.61 Å². The van der Waals surface area contributed by atoms with Crippen molar-refractivity contribution in [3.63, 3.8) is 0 Å². The van der Waals surface area contributed by atoms with Gasteiger partial charge >= 0.3 is 0 Å². The largest absolute Gasteiger partial charge is 0.489 e. The number of rotatable bonds is 1. The van der Waals surface area contributed by atoms with Crippen LogP contribution >= 0.6 is 0 Å². The van der Waals surface area contributed by atoms with Gasteiger partial charge < -0.3 is 4.74 Å². The molecule has 0 bridgehead atoms. The molecule has 20 heavy (non-hydrogen) atoms. The van der Waals surface area contributed by atoms with Gasteiger partial charge in [0, 0.05) is 5.56 Å². The Hall–Kier alpha value is -2.54. The average molecular weight is 260 g/mol. The molecule has 2 aromatic carbocycles. The third kappa shape index (κ3) is 2.57. The fourth-order valence-corrected chi connectivity index (χ4v) is 2.27. The summed E-state index contributed by atoms with van der Waals surface area (Å²) in [6.45, 7) is 4.69. The maximum absolute atomic E-state index is 5.85. The zero-order valence-corrected chi connectivity index (χ0v) is 11.3. The highest BCUT2D eigenvalue weighted by molar-refractivity contribution is 5.82. The van der Waals surface area contributed by atoms with E-state index in [-0.39, 0.29) is 0 Å². The Balaban J connectivity index is 1.98. The summed E-state index contributed by atoms with van der Waals surface area (Å²) in [6, 6.07) is 18.3. The molecule has 0 fully saturated rings. The number of hydrogen-bond donors (Lipinski definition) is 0. The summed E-state index contributed by atoms with van der Waals surface area (Å²) in [6.07, 6.45) is 6.25. The van der Waals surface area contributed by atoms with Crippen LogP contribution in [0.5, 0.6) is 5.75 Å². The summed E-state index contributed by atoms with van der Waals surface area (Å²) < 4.78 is 5.85. The highest BCUT2D eigenvalue weighted by atomic mass is 16.5. The molecule has 98 valence electrons. The van der Waals surface area contributed by atoms with Crippen molar-refractivity contribution < 1.29 is 4.74 Å². The van der Waals surface area contributed by atoms with Gasteiger partial charge in [0.05, 0.1) is 0 Å². The maximum atomic E-state index is 5.85. The van der Waals surface area contributed by atoms with Crippen LogP contribution in [-0.2, 0) is 0 Å². The molecule has 1 heterocycles. The van der Waals surface area contributed by atoms with Crippen molar-refractivity contribution in [3.8, 4) is 5.75 Å². The van der Waals surface area contributed by atoms with Crippen molar-refractivity contribution in [1.29, 1.82) is 0 Å². The first-order valence-electron chi connectivity index (χ1n) is 6.69. The molecule has 0 aliphatic carbocycles. The van der Waals surface area contributed by atoms with E-state index < -0.39 is 0 Å². The Morgan fingerprint density at radius 1 is 0.850 bits per heavy atom. The van der Waals surface area contributed by atoms with E-state index in [1.807, 2.05) is 48.5 Å². The van der Waals surface area contributed by atoms with Gasteiger partial charge in [-0.05, 0) is 28.9 Å². The van der Waals surface area contributed by atoms with Crippen LogP contribution in [0.1, 0.15) is 11.1 Å².